The van der Waals surface area contributed by atoms with Crippen LogP contribution >= 0.6 is 0 Å². The van der Waals surface area contributed by atoms with Crippen LogP contribution in [0.1, 0.15) is 55.7 Å². The van der Waals surface area contributed by atoms with Crippen LogP contribution in [0.3, 0.4) is 0 Å². The van der Waals surface area contributed by atoms with Gasteiger partial charge in [0, 0.05) is 30.9 Å². The van der Waals surface area contributed by atoms with E-state index < -0.39 is 23.0 Å². The van der Waals surface area contributed by atoms with Crippen LogP contribution in [-0.4, -0.2) is 24.6 Å². The SMILES string of the molecule is CC.CCCn1cc(C(=O)NCc2ccc(F)cc2F)c(=O)c(OC)c1CC.CN. The van der Waals surface area contributed by atoms with Crippen LogP contribution in [0, 0.1) is 11.6 Å². The lowest BCUT2D eigenvalue weighted by atomic mass is 10.1. The number of halogens is 2. The number of methoxy groups -OCH3 is 1. The second-order valence-electron chi connectivity index (χ2n) is 5.82. The Kier molecular flexibility index (Phi) is 13.0. The Morgan fingerprint density at radius 3 is 2.33 bits per heavy atom. The van der Waals surface area contributed by atoms with Gasteiger partial charge in [-0.25, -0.2) is 8.78 Å². The van der Waals surface area contributed by atoms with Crippen molar-refractivity contribution in [3.8, 4) is 5.75 Å². The summed E-state index contributed by atoms with van der Waals surface area (Å²) in [7, 11) is 2.89. The third kappa shape index (κ3) is 6.95. The molecule has 0 aliphatic heterocycles. The van der Waals surface area contributed by atoms with Gasteiger partial charge < -0.3 is 20.4 Å². The van der Waals surface area contributed by atoms with Crippen molar-refractivity contribution in [3.05, 3.63) is 63.1 Å². The fourth-order valence-corrected chi connectivity index (χ4v) is 2.79. The molecule has 0 fully saturated rings. The lowest BCUT2D eigenvalue weighted by molar-refractivity contribution is 0.0948. The lowest BCUT2D eigenvalue weighted by Gasteiger charge is -2.17. The van der Waals surface area contributed by atoms with E-state index in [1.807, 2.05) is 32.3 Å². The average Bonchev–Trinajstić information content (AvgIpc) is 2.76. The molecular formula is C22H33F2N3O3. The fraction of sp³-hybridized carbons (Fsp3) is 0.455. The van der Waals surface area contributed by atoms with E-state index in [1.54, 1.807) is 0 Å². The number of benzene rings is 1. The predicted molar refractivity (Wildman–Crippen MR) is 116 cm³/mol. The highest BCUT2D eigenvalue weighted by molar-refractivity contribution is 5.94. The zero-order valence-electron chi connectivity index (χ0n) is 18.6. The summed E-state index contributed by atoms with van der Waals surface area (Å²) in [5, 5.41) is 2.50. The monoisotopic (exact) mass is 425 g/mol. The normalized spacial score (nSPS) is 9.63. The van der Waals surface area contributed by atoms with Gasteiger partial charge in [0.05, 0.1) is 12.8 Å². The van der Waals surface area contributed by atoms with Crippen LogP contribution in [0.25, 0.3) is 0 Å². The molecule has 0 aliphatic carbocycles. The Balaban J connectivity index is 0.00000198. The Morgan fingerprint density at radius 2 is 1.83 bits per heavy atom. The van der Waals surface area contributed by atoms with E-state index in [0.29, 0.717) is 13.0 Å². The first-order chi connectivity index (χ1) is 14.4. The molecule has 0 bridgehead atoms. The molecule has 6 nitrogen and oxygen atoms in total. The Morgan fingerprint density at radius 1 is 1.20 bits per heavy atom. The second-order valence-corrected chi connectivity index (χ2v) is 5.82. The van der Waals surface area contributed by atoms with Gasteiger partial charge in [0.15, 0.2) is 5.75 Å². The molecule has 0 saturated heterocycles. The van der Waals surface area contributed by atoms with Crippen LogP contribution in [0.2, 0.25) is 0 Å². The van der Waals surface area contributed by atoms with Crippen molar-refractivity contribution in [3.63, 3.8) is 0 Å². The number of aromatic nitrogens is 1. The van der Waals surface area contributed by atoms with Gasteiger partial charge in [0.2, 0.25) is 5.43 Å². The number of aryl methyl sites for hydroxylation is 1. The highest BCUT2D eigenvalue weighted by Gasteiger charge is 2.20. The van der Waals surface area contributed by atoms with Crippen molar-refractivity contribution < 1.29 is 18.3 Å². The highest BCUT2D eigenvalue weighted by Crippen LogP contribution is 2.17. The first-order valence-corrected chi connectivity index (χ1v) is 10.0. The molecule has 0 aliphatic rings. The Labute approximate surface area is 177 Å². The summed E-state index contributed by atoms with van der Waals surface area (Å²) in [6.07, 6.45) is 2.91. The van der Waals surface area contributed by atoms with E-state index >= 15 is 0 Å². The Bertz CT molecular complexity index is 867. The van der Waals surface area contributed by atoms with E-state index in [4.69, 9.17) is 4.74 Å². The van der Waals surface area contributed by atoms with Crippen LogP contribution in [0.4, 0.5) is 8.78 Å². The number of nitrogens with zero attached hydrogens (tertiary/aromatic N) is 1. The van der Waals surface area contributed by atoms with Crippen LogP contribution in [0.5, 0.6) is 5.75 Å². The summed E-state index contributed by atoms with van der Waals surface area (Å²) in [6.45, 7) is 8.37. The zero-order chi connectivity index (χ0) is 23.3. The summed E-state index contributed by atoms with van der Waals surface area (Å²) in [5.41, 5.74) is 4.77. The van der Waals surface area contributed by atoms with Gasteiger partial charge in [-0.2, -0.15) is 0 Å². The Hall–Kier alpha value is -2.74. The topological polar surface area (TPSA) is 86.3 Å². The number of carbonyl (C=O) groups is 1. The summed E-state index contributed by atoms with van der Waals surface area (Å²) < 4.78 is 33.7. The van der Waals surface area contributed by atoms with E-state index in [0.717, 1.165) is 24.2 Å². The van der Waals surface area contributed by atoms with Gasteiger partial charge in [-0.3, -0.25) is 9.59 Å². The van der Waals surface area contributed by atoms with Crippen molar-refractivity contribution in [1.82, 2.24) is 9.88 Å². The molecule has 0 atom stereocenters. The van der Waals surface area contributed by atoms with E-state index in [1.165, 1.54) is 26.4 Å². The molecule has 1 amide bonds. The van der Waals surface area contributed by atoms with Crippen LogP contribution in [0.15, 0.2) is 29.2 Å². The first-order valence-electron chi connectivity index (χ1n) is 10.0. The maximum Gasteiger partial charge on any atom is 0.257 e. The quantitative estimate of drug-likeness (QED) is 0.709. The van der Waals surface area contributed by atoms with E-state index in [9.17, 15) is 18.4 Å². The van der Waals surface area contributed by atoms with Crippen molar-refractivity contribution in [2.24, 2.45) is 5.73 Å². The molecule has 0 spiro atoms. The number of carbonyl (C=O) groups excluding carboxylic acids is 1. The fourth-order valence-electron chi connectivity index (χ4n) is 2.79. The van der Waals surface area contributed by atoms with Crippen LogP contribution < -0.4 is 21.2 Å². The van der Waals surface area contributed by atoms with Crippen molar-refractivity contribution in [1.29, 1.82) is 0 Å². The number of amides is 1. The van der Waals surface area contributed by atoms with E-state index in [2.05, 4.69) is 11.1 Å². The smallest absolute Gasteiger partial charge is 0.257 e. The van der Waals surface area contributed by atoms with Crippen LogP contribution in [-0.2, 0) is 19.5 Å². The van der Waals surface area contributed by atoms with Crippen molar-refractivity contribution in [2.45, 2.75) is 53.6 Å². The number of hydrogen-bond acceptors (Lipinski definition) is 4. The summed E-state index contributed by atoms with van der Waals surface area (Å²) >= 11 is 0. The first kappa shape index (κ1) is 27.3. The third-order valence-corrected chi connectivity index (χ3v) is 4.05. The highest BCUT2D eigenvalue weighted by atomic mass is 19.1. The number of rotatable bonds is 7. The van der Waals surface area contributed by atoms with E-state index in [-0.39, 0.29) is 23.4 Å². The number of ether oxygens (including phenoxy) is 1. The van der Waals surface area contributed by atoms with Gasteiger partial charge in [0.1, 0.15) is 17.2 Å². The largest absolute Gasteiger partial charge is 0.491 e. The molecule has 0 unspecified atom stereocenters. The number of nitrogens with two attached hydrogens (primary N) is 1. The molecular weight excluding hydrogens is 392 g/mol. The molecule has 1 heterocycles. The number of hydrogen-bond donors (Lipinski definition) is 2. The predicted octanol–water partition coefficient (Wildman–Crippen LogP) is 3.64. The van der Waals surface area contributed by atoms with Gasteiger partial charge in [-0.15, -0.1) is 0 Å². The lowest BCUT2D eigenvalue weighted by Crippen LogP contribution is -2.31. The molecule has 3 N–H and O–H groups in total. The summed E-state index contributed by atoms with van der Waals surface area (Å²) in [6, 6.07) is 3.10. The molecule has 0 radical (unpaired) electrons. The minimum absolute atomic E-state index is 0.0741. The van der Waals surface area contributed by atoms with Crippen molar-refractivity contribution >= 4 is 5.91 Å². The number of pyridine rings is 1. The van der Waals surface area contributed by atoms with Crippen molar-refractivity contribution in [2.75, 3.05) is 14.2 Å². The molecule has 1 aromatic carbocycles. The molecule has 2 aromatic rings. The summed E-state index contributed by atoms with van der Waals surface area (Å²) in [5.74, 6) is -1.95. The minimum Gasteiger partial charge on any atom is -0.491 e. The second kappa shape index (κ2) is 14.3. The van der Waals surface area contributed by atoms with Gasteiger partial charge in [-0.1, -0.05) is 33.8 Å². The molecule has 168 valence electrons. The third-order valence-electron chi connectivity index (χ3n) is 4.05. The molecule has 0 saturated carbocycles. The zero-order valence-corrected chi connectivity index (χ0v) is 18.6. The molecule has 8 heteroatoms. The molecule has 30 heavy (non-hydrogen) atoms. The molecule has 2 rings (SSSR count). The van der Waals surface area contributed by atoms with Gasteiger partial charge in [0.25, 0.3) is 5.91 Å². The minimum atomic E-state index is -0.757. The summed E-state index contributed by atoms with van der Waals surface area (Å²) in [4.78, 5) is 25.0. The van der Waals surface area contributed by atoms with Gasteiger partial charge in [-0.05, 0) is 26.0 Å². The average molecular weight is 426 g/mol. The van der Waals surface area contributed by atoms with Gasteiger partial charge >= 0.3 is 0 Å². The molecule has 1 aromatic heterocycles. The maximum atomic E-state index is 13.7. The maximum absolute atomic E-state index is 13.7. The number of nitrogens with one attached hydrogen (secondary N) is 1. The standard InChI is InChI=1S/C19H22F2N2O3.C2H6.CH5N/c1-4-8-23-11-14(17(24)18(26-3)16(23)5-2)19(25)22-10-12-6-7-13(20)9-15(12)21;2*1-2/h6-7,9,11H,4-5,8,10H2,1-3H3,(H,22,25);1-2H3;2H2,1H3.